The molecule has 0 saturated carbocycles. The molecule has 88 valence electrons. The summed E-state index contributed by atoms with van der Waals surface area (Å²) < 4.78 is 5.06. The summed E-state index contributed by atoms with van der Waals surface area (Å²) in [5.74, 6) is 0.638. The van der Waals surface area contributed by atoms with Crippen LogP contribution in [-0.4, -0.2) is 16.9 Å². The van der Waals surface area contributed by atoms with Crippen LogP contribution in [0.1, 0.15) is 30.0 Å². The van der Waals surface area contributed by atoms with Crippen molar-refractivity contribution >= 4 is 23.1 Å². The molecule has 5 heteroatoms. The van der Waals surface area contributed by atoms with E-state index in [9.17, 15) is 4.79 Å². The largest absolute Gasteiger partial charge is 0.469 e. The van der Waals surface area contributed by atoms with Gasteiger partial charge in [-0.2, -0.15) is 0 Å². The average Bonchev–Trinajstić information content (AvgIpc) is 2.59. The highest BCUT2D eigenvalue weighted by atomic mass is 32.1. The molecular weight excluding hydrogens is 224 g/mol. The van der Waals surface area contributed by atoms with E-state index in [4.69, 9.17) is 22.4 Å². The first-order valence-corrected chi connectivity index (χ1v) is 5.48. The van der Waals surface area contributed by atoms with Crippen molar-refractivity contribution in [3.8, 4) is 0 Å². The van der Waals surface area contributed by atoms with E-state index in [0.717, 1.165) is 0 Å². The summed E-state index contributed by atoms with van der Waals surface area (Å²) in [6.45, 7) is 5.68. The van der Waals surface area contributed by atoms with Crippen molar-refractivity contribution in [3.05, 3.63) is 23.7 Å². The van der Waals surface area contributed by atoms with Gasteiger partial charge in [0, 0.05) is 0 Å². The fourth-order valence-corrected chi connectivity index (χ4v) is 1.68. The van der Waals surface area contributed by atoms with E-state index in [1.165, 1.54) is 6.26 Å². The van der Waals surface area contributed by atoms with Crippen molar-refractivity contribution in [2.75, 3.05) is 0 Å². The normalized spacial score (nSPS) is 12.5. The minimum Gasteiger partial charge on any atom is -0.469 e. The van der Waals surface area contributed by atoms with Crippen LogP contribution in [-0.2, 0) is 0 Å². The van der Waals surface area contributed by atoms with Gasteiger partial charge in [0.2, 0.25) is 0 Å². The van der Waals surface area contributed by atoms with Gasteiger partial charge in [-0.3, -0.25) is 4.79 Å². The zero-order valence-corrected chi connectivity index (χ0v) is 10.4. The molecule has 0 radical (unpaired) electrons. The zero-order chi connectivity index (χ0) is 12.3. The number of thiocarbonyl (C=S) groups is 1. The van der Waals surface area contributed by atoms with Crippen LogP contribution in [0.4, 0.5) is 0 Å². The number of aryl methyl sites for hydroxylation is 1. The summed E-state index contributed by atoms with van der Waals surface area (Å²) >= 11 is 4.91. The number of carbonyl (C=O) groups is 1. The zero-order valence-electron chi connectivity index (χ0n) is 9.61. The summed E-state index contributed by atoms with van der Waals surface area (Å²) in [5.41, 5.74) is 6.05. The fraction of sp³-hybridized carbons (Fsp3) is 0.455. The molecule has 0 bridgehead atoms. The number of amides is 1. The van der Waals surface area contributed by atoms with Gasteiger partial charge < -0.3 is 15.5 Å². The Morgan fingerprint density at radius 1 is 1.56 bits per heavy atom. The van der Waals surface area contributed by atoms with Crippen LogP contribution in [0.15, 0.2) is 16.7 Å². The molecule has 4 nitrogen and oxygen atoms in total. The van der Waals surface area contributed by atoms with Crippen LogP contribution in [0.5, 0.6) is 0 Å². The lowest BCUT2D eigenvalue weighted by atomic mass is 10.0. The van der Waals surface area contributed by atoms with E-state index < -0.39 is 0 Å². The van der Waals surface area contributed by atoms with Crippen molar-refractivity contribution in [1.29, 1.82) is 0 Å². The second-order valence-electron chi connectivity index (χ2n) is 4.04. The van der Waals surface area contributed by atoms with Gasteiger partial charge in [-0.1, -0.05) is 26.1 Å². The van der Waals surface area contributed by atoms with Gasteiger partial charge in [-0.15, -0.1) is 0 Å². The van der Waals surface area contributed by atoms with E-state index in [1.54, 1.807) is 13.0 Å². The van der Waals surface area contributed by atoms with Crippen molar-refractivity contribution in [1.82, 2.24) is 5.32 Å². The van der Waals surface area contributed by atoms with Gasteiger partial charge in [-0.25, -0.2) is 0 Å². The van der Waals surface area contributed by atoms with E-state index >= 15 is 0 Å². The van der Waals surface area contributed by atoms with Crippen molar-refractivity contribution in [2.45, 2.75) is 26.8 Å². The first kappa shape index (κ1) is 12.7. The van der Waals surface area contributed by atoms with Crippen LogP contribution >= 0.6 is 12.2 Å². The van der Waals surface area contributed by atoms with Gasteiger partial charge in [0.15, 0.2) is 0 Å². The molecule has 0 aromatic carbocycles. The number of hydrogen-bond donors (Lipinski definition) is 2. The van der Waals surface area contributed by atoms with E-state index in [1.807, 2.05) is 13.8 Å². The molecule has 1 unspecified atom stereocenters. The summed E-state index contributed by atoms with van der Waals surface area (Å²) in [5, 5.41) is 2.78. The van der Waals surface area contributed by atoms with Gasteiger partial charge in [0.1, 0.15) is 12.0 Å². The lowest BCUT2D eigenvalue weighted by Crippen LogP contribution is -2.46. The first-order valence-electron chi connectivity index (χ1n) is 5.07. The molecule has 1 rings (SSSR count). The Morgan fingerprint density at radius 2 is 2.19 bits per heavy atom. The molecule has 0 aliphatic heterocycles. The molecule has 1 aromatic rings. The molecule has 1 heterocycles. The Hall–Kier alpha value is -1.36. The van der Waals surface area contributed by atoms with E-state index in [2.05, 4.69) is 5.32 Å². The Kier molecular flexibility index (Phi) is 4.06. The molecule has 1 atom stereocenters. The minimum absolute atomic E-state index is 0.162. The number of furan rings is 1. The number of rotatable bonds is 4. The Bertz CT molecular complexity index is 398. The maximum atomic E-state index is 11.8. The summed E-state index contributed by atoms with van der Waals surface area (Å²) in [7, 11) is 0. The molecule has 0 fully saturated rings. The van der Waals surface area contributed by atoms with Gasteiger partial charge in [0.25, 0.3) is 5.91 Å². The molecule has 1 aromatic heterocycles. The van der Waals surface area contributed by atoms with Crippen LogP contribution in [0.25, 0.3) is 0 Å². The molecule has 0 aliphatic carbocycles. The lowest BCUT2D eigenvalue weighted by molar-refractivity contribution is 0.0939. The van der Waals surface area contributed by atoms with Crippen LogP contribution in [0, 0.1) is 12.8 Å². The first-order chi connectivity index (χ1) is 7.41. The number of nitrogens with one attached hydrogen (secondary N) is 1. The maximum absolute atomic E-state index is 11.8. The van der Waals surface area contributed by atoms with Crippen molar-refractivity contribution in [3.63, 3.8) is 0 Å². The highest BCUT2D eigenvalue weighted by Crippen LogP contribution is 2.08. The van der Waals surface area contributed by atoms with E-state index in [0.29, 0.717) is 16.3 Å². The van der Waals surface area contributed by atoms with Crippen LogP contribution in [0.2, 0.25) is 0 Å². The number of nitrogens with two attached hydrogens (primary N) is 1. The summed E-state index contributed by atoms with van der Waals surface area (Å²) in [4.78, 5) is 12.1. The topological polar surface area (TPSA) is 68.3 Å². The van der Waals surface area contributed by atoms with Crippen molar-refractivity contribution < 1.29 is 9.21 Å². The molecule has 3 N–H and O–H groups in total. The number of carbonyl (C=O) groups excluding carboxylic acids is 1. The molecule has 0 saturated heterocycles. The molecule has 1 amide bonds. The number of hydrogen-bond acceptors (Lipinski definition) is 3. The van der Waals surface area contributed by atoms with Crippen LogP contribution < -0.4 is 11.1 Å². The van der Waals surface area contributed by atoms with Gasteiger partial charge >= 0.3 is 0 Å². The van der Waals surface area contributed by atoms with E-state index in [-0.39, 0.29) is 17.9 Å². The quantitative estimate of drug-likeness (QED) is 0.785. The smallest absolute Gasteiger partial charge is 0.255 e. The predicted molar refractivity (Wildman–Crippen MR) is 66.3 cm³/mol. The predicted octanol–water partition coefficient (Wildman–Crippen LogP) is 1.63. The lowest BCUT2D eigenvalue weighted by Gasteiger charge is -2.20. The fourth-order valence-electron chi connectivity index (χ4n) is 1.35. The standard InChI is InChI=1S/C11H16N2O2S/c1-6(2)9(10(12)16)13-11(14)8-4-7(3)15-5-8/h4-6,9H,1-3H3,(H2,12,16)(H,13,14). The van der Waals surface area contributed by atoms with Gasteiger partial charge in [0.05, 0.1) is 16.6 Å². The highest BCUT2D eigenvalue weighted by molar-refractivity contribution is 7.80. The van der Waals surface area contributed by atoms with Gasteiger partial charge in [-0.05, 0) is 18.9 Å². The third-order valence-electron chi connectivity index (χ3n) is 2.25. The molecule has 16 heavy (non-hydrogen) atoms. The summed E-state index contributed by atoms with van der Waals surface area (Å²) in [6.07, 6.45) is 1.42. The average molecular weight is 240 g/mol. The third kappa shape index (κ3) is 3.06. The highest BCUT2D eigenvalue weighted by Gasteiger charge is 2.20. The second kappa shape index (κ2) is 5.12. The monoisotopic (exact) mass is 240 g/mol. The second-order valence-corrected chi connectivity index (χ2v) is 4.51. The Morgan fingerprint density at radius 3 is 2.56 bits per heavy atom. The maximum Gasteiger partial charge on any atom is 0.255 e. The third-order valence-corrected chi connectivity index (χ3v) is 2.51. The summed E-state index contributed by atoms with van der Waals surface area (Å²) in [6, 6.07) is 1.38. The Labute approximate surface area is 100 Å². The van der Waals surface area contributed by atoms with Crippen LogP contribution in [0.3, 0.4) is 0 Å². The van der Waals surface area contributed by atoms with Crippen molar-refractivity contribution in [2.24, 2.45) is 11.7 Å². The molecule has 0 spiro atoms. The minimum atomic E-state index is -0.294. The molecule has 0 aliphatic rings. The molecular formula is C11H16N2O2S. The Balaban J connectivity index is 2.73. The SMILES string of the molecule is Cc1cc(C(=O)NC(C(N)=S)C(C)C)co1.